The van der Waals surface area contributed by atoms with Gasteiger partial charge in [0.05, 0.1) is 20.3 Å². The molecule has 0 fully saturated rings. The van der Waals surface area contributed by atoms with Crippen molar-refractivity contribution in [3.63, 3.8) is 0 Å². The van der Waals surface area contributed by atoms with Gasteiger partial charge in [0, 0.05) is 12.1 Å². The van der Waals surface area contributed by atoms with E-state index in [0.29, 0.717) is 28.2 Å². The van der Waals surface area contributed by atoms with Crippen LogP contribution in [0, 0.1) is 11.3 Å². The summed E-state index contributed by atoms with van der Waals surface area (Å²) >= 11 is 0. The summed E-state index contributed by atoms with van der Waals surface area (Å²) in [5.74, 6) is 1.14. The van der Waals surface area contributed by atoms with Crippen molar-refractivity contribution >= 4 is 15.9 Å². The lowest BCUT2D eigenvalue weighted by Gasteiger charge is -2.12. The highest BCUT2D eigenvalue weighted by molar-refractivity contribution is 7.84. The number of ether oxygens (including phenoxy) is 2. The molecule has 0 saturated carbocycles. The highest BCUT2D eigenvalue weighted by Gasteiger charge is 2.12. The van der Waals surface area contributed by atoms with Crippen LogP contribution in [0.15, 0.2) is 48.5 Å². The third-order valence-corrected chi connectivity index (χ3v) is 3.65. The van der Waals surface area contributed by atoms with E-state index >= 15 is 0 Å². The number of hydrogen-bond donors (Lipinski definition) is 1. The van der Waals surface area contributed by atoms with Crippen molar-refractivity contribution in [2.45, 2.75) is 0 Å². The third-order valence-electron chi connectivity index (χ3n) is 3.23. The number of benzene rings is 2. The zero-order chi connectivity index (χ0) is 18.4. The van der Waals surface area contributed by atoms with Crippen LogP contribution in [0.3, 0.4) is 0 Å². The Morgan fingerprint density at radius 2 is 1.64 bits per heavy atom. The second-order valence-electron chi connectivity index (χ2n) is 4.89. The maximum absolute atomic E-state index is 11.1. The molecule has 2 aromatic rings. The Labute approximate surface area is 146 Å². The molecule has 0 saturated heterocycles. The molecule has 0 bridgehead atoms. The van der Waals surface area contributed by atoms with Crippen molar-refractivity contribution in [1.82, 2.24) is 0 Å². The molecule has 0 heterocycles. The molecule has 7 nitrogen and oxygen atoms in total. The molecule has 2 aromatic carbocycles. The van der Waals surface area contributed by atoms with Crippen LogP contribution in [0.2, 0.25) is 0 Å². The van der Waals surface area contributed by atoms with E-state index in [1.54, 1.807) is 30.3 Å². The van der Waals surface area contributed by atoms with Crippen molar-refractivity contribution in [1.29, 1.82) is 5.26 Å². The monoisotopic (exact) mass is 360 g/mol. The van der Waals surface area contributed by atoms with Crippen LogP contribution in [0.5, 0.6) is 17.2 Å². The molecular formula is C17H16N2O5S. The molecule has 0 aliphatic carbocycles. The minimum atomic E-state index is -4.14. The molecule has 0 atom stereocenters. The molecular weight excluding hydrogens is 344 g/mol. The van der Waals surface area contributed by atoms with E-state index in [1.807, 2.05) is 6.07 Å². The SMILES string of the molecule is COc1cc(OC)cc(/C(=C\C#N)c2cccc(OS(N)(=O)=O)c2)c1. The standard InChI is InChI=1S/C17H16N2O5S/c1-22-15-9-13(10-16(11-15)23-2)17(6-7-18)12-4-3-5-14(8-12)24-25(19,20)21/h3-6,8-11H,1-2H3,(H2,19,20,21)/b17-6-. The number of nitrogens with two attached hydrogens (primary N) is 1. The Balaban J connectivity index is 2.55. The molecule has 130 valence electrons. The molecule has 2 N–H and O–H groups in total. The van der Waals surface area contributed by atoms with E-state index in [-0.39, 0.29) is 5.75 Å². The topological polar surface area (TPSA) is 112 Å². The lowest BCUT2D eigenvalue weighted by molar-refractivity contribution is 0.394. The number of methoxy groups -OCH3 is 2. The molecule has 0 aliphatic heterocycles. The fraction of sp³-hybridized carbons (Fsp3) is 0.118. The maximum atomic E-state index is 11.1. The fourth-order valence-electron chi connectivity index (χ4n) is 2.21. The Kier molecular flexibility index (Phi) is 5.64. The van der Waals surface area contributed by atoms with Crippen molar-refractivity contribution in [3.8, 4) is 23.3 Å². The predicted octanol–water partition coefficient (Wildman–Crippen LogP) is 2.24. The summed E-state index contributed by atoms with van der Waals surface area (Å²) in [4.78, 5) is 0. The summed E-state index contributed by atoms with van der Waals surface area (Å²) in [5.41, 5.74) is 1.77. The van der Waals surface area contributed by atoms with Gasteiger partial charge in [-0.15, -0.1) is 0 Å². The Morgan fingerprint density at radius 1 is 1.04 bits per heavy atom. The molecule has 25 heavy (non-hydrogen) atoms. The lowest BCUT2D eigenvalue weighted by atomic mass is 9.97. The van der Waals surface area contributed by atoms with Gasteiger partial charge < -0.3 is 13.7 Å². The normalized spacial score (nSPS) is 11.5. The summed E-state index contributed by atoms with van der Waals surface area (Å²) in [5, 5.41) is 14.0. The van der Waals surface area contributed by atoms with E-state index in [1.165, 1.54) is 32.4 Å². The van der Waals surface area contributed by atoms with Crippen LogP contribution in [0.4, 0.5) is 0 Å². The molecule has 0 aromatic heterocycles. The zero-order valence-electron chi connectivity index (χ0n) is 13.6. The lowest BCUT2D eigenvalue weighted by Crippen LogP contribution is -2.18. The zero-order valence-corrected chi connectivity index (χ0v) is 14.4. The summed E-state index contributed by atoms with van der Waals surface area (Å²) in [6.07, 6.45) is 1.34. The first kappa shape index (κ1) is 18.3. The van der Waals surface area contributed by atoms with E-state index in [0.717, 1.165) is 0 Å². The summed E-state index contributed by atoms with van der Waals surface area (Å²) in [6.45, 7) is 0. The van der Waals surface area contributed by atoms with Gasteiger partial charge in [-0.1, -0.05) is 12.1 Å². The van der Waals surface area contributed by atoms with E-state index in [2.05, 4.69) is 4.18 Å². The van der Waals surface area contributed by atoms with Crippen LogP contribution < -0.4 is 18.8 Å². The minimum absolute atomic E-state index is 0.0405. The molecule has 0 aliphatic rings. The number of hydrogen-bond acceptors (Lipinski definition) is 6. The third kappa shape index (κ3) is 4.97. The number of rotatable bonds is 6. The second kappa shape index (κ2) is 7.70. The highest BCUT2D eigenvalue weighted by atomic mass is 32.2. The Morgan fingerprint density at radius 3 is 2.16 bits per heavy atom. The van der Waals surface area contributed by atoms with Crippen molar-refractivity contribution < 1.29 is 22.1 Å². The molecule has 8 heteroatoms. The quantitative estimate of drug-likeness (QED) is 0.791. The Hall–Kier alpha value is -3.02. The predicted molar refractivity (Wildman–Crippen MR) is 92.4 cm³/mol. The number of allylic oxidation sites excluding steroid dienone is 1. The smallest absolute Gasteiger partial charge is 0.380 e. The van der Waals surface area contributed by atoms with Crippen molar-refractivity contribution in [2.75, 3.05) is 14.2 Å². The molecule has 0 amide bonds. The molecule has 0 spiro atoms. The fourth-order valence-corrected chi connectivity index (χ4v) is 2.58. The summed E-state index contributed by atoms with van der Waals surface area (Å²) in [7, 11) is -1.10. The van der Waals surface area contributed by atoms with E-state index in [9.17, 15) is 8.42 Å². The van der Waals surface area contributed by atoms with Crippen molar-refractivity contribution in [2.24, 2.45) is 5.14 Å². The average molecular weight is 360 g/mol. The van der Waals surface area contributed by atoms with Gasteiger partial charge in [-0.2, -0.15) is 18.8 Å². The maximum Gasteiger partial charge on any atom is 0.380 e. The molecule has 0 radical (unpaired) electrons. The van der Waals surface area contributed by atoms with Gasteiger partial charge in [-0.05, 0) is 41.0 Å². The largest absolute Gasteiger partial charge is 0.497 e. The average Bonchev–Trinajstić information content (AvgIpc) is 2.57. The van der Waals surface area contributed by atoms with Crippen LogP contribution in [0.25, 0.3) is 5.57 Å². The second-order valence-corrected chi connectivity index (χ2v) is 6.04. The Bertz CT molecular complexity index is 924. The first-order valence-corrected chi connectivity index (χ1v) is 8.49. The minimum Gasteiger partial charge on any atom is -0.497 e. The summed E-state index contributed by atoms with van der Waals surface area (Å²) < 4.78 is 37.4. The van der Waals surface area contributed by atoms with Gasteiger partial charge in [0.1, 0.15) is 17.2 Å². The van der Waals surface area contributed by atoms with Gasteiger partial charge >= 0.3 is 10.3 Å². The number of nitrogens with zero attached hydrogens (tertiary/aromatic N) is 1. The van der Waals surface area contributed by atoms with Crippen LogP contribution in [-0.2, 0) is 10.3 Å². The van der Waals surface area contributed by atoms with Crippen LogP contribution >= 0.6 is 0 Å². The van der Waals surface area contributed by atoms with Crippen LogP contribution in [-0.4, -0.2) is 22.6 Å². The summed E-state index contributed by atoms with van der Waals surface area (Å²) in [6, 6.07) is 13.4. The van der Waals surface area contributed by atoms with E-state index in [4.69, 9.17) is 19.9 Å². The van der Waals surface area contributed by atoms with Gasteiger partial charge in [0.15, 0.2) is 0 Å². The first-order chi connectivity index (χ1) is 11.9. The van der Waals surface area contributed by atoms with Gasteiger partial charge in [-0.25, -0.2) is 0 Å². The number of nitriles is 1. The van der Waals surface area contributed by atoms with Crippen molar-refractivity contribution in [3.05, 3.63) is 59.7 Å². The van der Waals surface area contributed by atoms with E-state index < -0.39 is 10.3 Å². The van der Waals surface area contributed by atoms with Crippen LogP contribution in [0.1, 0.15) is 11.1 Å². The van der Waals surface area contributed by atoms with Gasteiger partial charge in [-0.3, -0.25) is 0 Å². The van der Waals surface area contributed by atoms with Gasteiger partial charge in [0.25, 0.3) is 0 Å². The molecule has 0 unspecified atom stereocenters. The highest BCUT2D eigenvalue weighted by Crippen LogP contribution is 2.32. The first-order valence-electron chi connectivity index (χ1n) is 7.02. The van der Waals surface area contributed by atoms with Gasteiger partial charge in [0.2, 0.25) is 0 Å². The molecule has 2 rings (SSSR count).